The zero-order chi connectivity index (χ0) is 18.6. The van der Waals surface area contributed by atoms with Crippen molar-refractivity contribution in [1.82, 2.24) is 0 Å². The van der Waals surface area contributed by atoms with E-state index >= 15 is 0 Å². The van der Waals surface area contributed by atoms with E-state index in [2.05, 4.69) is 5.32 Å². The highest BCUT2D eigenvalue weighted by molar-refractivity contribution is 8.00. The summed E-state index contributed by atoms with van der Waals surface area (Å²) < 4.78 is 43.0. The van der Waals surface area contributed by atoms with Crippen LogP contribution < -0.4 is 15.8 Å². The van der Waals surface area contributed by atoms with Crippen LogP contribution in [0.5, 0.6) is 5.75 Å². The number of amides is 2. The van der Waals surface area contributed by atoms with Gasteiger partial charge in [-0.1, -0.05) is 12.1 Å². The topological polar surface area (TPSA) is 81.4 Å². The quantitative estimate of drug-likeness (QED) is 0.787. The number of anilines is 1. The predicted molar refractivity (Wildman–Crippen MR) is 87.8 cm³/mol. The van der Waals surface area contributed by atoms with Crippen LogP contribution >= 0.6 is 11.8 Å². The molecular formula is C16H13F3N2O3S. The van der Waals surface area contributed by atoms with Gasteiger partial charge in [-0.25, -0.2) is 0 Å². The maximum Gasteiger partial charge on any atom is 0.446 e. The Kier molecular flexibility index (Phi) is 5.58. The van der Waals surface area contributed by atoms with E-state index in [0.29, 0.717) is 0 Å². The molecule has 0 radical (unpaired) electrons. The average molecular weight is 370 g/mol. The molecule has 9 heteroatoms. The van der Waals surface area contributed by atoms with Crippen LogP contribution in [-0.2, 0) is 0 Å². The minimum atomic E-state index is -4.53. The Balaban J connectivity index is 2.35. The summed E-state index contributed by atoms with van der Waals surface area (Å²) in [5.41, 5.74) is 0.745. The second kappa shape index (κ2) is 7.47. The maximum atomic E-state index is 12.6. The molecule has 0 bridgehead atoms. The van der Waals surface area contributed by atoms with Crippen LogP contribution in [0.2, 0.25) is 0 Å². The van der Waals surface area contributed by atoms with Gasteiger partial charge in [-0.05, 0) is 42.1 Å². The van der Waals surface area contributed by atoms with Crippen molar-refractivity contribution in [3.63, 3.8) is 0 Å². The van der Waals surface area contributed by atoms with Gasteiger partial charge in [-0.15, -0.1) is 0 Å². The van der Waals surface area contributed by atoms with Crippen LogP contribution in [0, 0.1) is 0 Å². The molecule has 0 aromatic heterocycles. The van der Waals surface area contributed by atoms with E-state index in [9.17, 15) is 22.8 Å². The summed E-state index contributed by atoms with van der Waals surface area (Å²) >= 11 is -0.382. The van der Waals surface area contributed by atoms with Gasteiger partial charge >= 0.3 is 5.51 Å². The van der Waals surface area contributed by atoms with Crippen molar-refractivity contribution in [3.8, 4) is 5.75 Å². The molecule has 2 aromatic rings. The number of rotatable bonds is 5. The standard InChI is InChI=1S/C16H13F3N2O3S/c1-24-12-7-6-9(14(20)22)8-11(12)21-15(23)10-4-2-3-5-13(10)25-16(17,18)19/h2-8H,1H3,(H2,20,22)(H,21,23). The third kappa shape index (κ3) is 4.90. The summed E-state index contributed by atoms with van der Waals surface area (Å²) in [7, 11) is 1.35. The van der Waals surface area contributed by atoms with Gasteiger partial charge in [0.15, 0.2) is 0 Å². The molecule has 0 heterocycles. The Morgan fingerprint density at radius 3 is 2.44 bits per heavy atom. The van der Waals surface area contributed by atoms with Crippen LogP contribution in [0.25, 0.3) is 0 Å². The number of hydrogen-bond acceptors (Lipinski definition) is 4. The molecule has 0 fully saturated rings. The van der Waals surface area contributed by atoms with Crippen molar-refractivity contribution in [2.45, 2.75) is 10.4 Å². The number of methoxy groups -OCH3 is 1. The number of nitrogens with two attached hydrogens (primary N) is 1. The molecule has 0 aliphatic rings. The lowest BCUT2D eigenvalue weighted by Gasteiger charge is -2.14. The van der Waals surface area contributed by atoms with Gasteiger partial charge in [0.25, 0.3) is 5.91 Å². The summed E-state index contributed by atoms with van der Waals surface area (Å²) in [6, 6.07) is 9.44. The van der Waals surface area contributed by atoms with Crippen molar-refractivity contribution in [1.29, 1.82) is 0 Å². The Labute approximate surface area is 145 Å². The number of thioether (sulfide) groups is 1. The monoisotopic (exact) mass is 370 g/mol. The van der Waals surface area contributed by atoms with Gasteiger partial charge in [0, 0.05) is 10.5 Å². The van der Waals surface area contributed by atoms with Crippen LogP contribution in [0.3, 0.4) is 0 Å². The number of nitrogens with one attached hydrogen (secondary N) is 1. The number of ether oxygens (including phenoxy) is 1. The average Bonchev–Trinajstić information content (AvgIpc) is 2.53. The first-order valence-electron chi connectivity index (χ1n) is 6.85. The van der Waals surface area contributed by atoms with E-state index < -0.39 is 17.3 Å². The van der Waals surface area contributed by atoms with Crippen molar-refractivity contribution >= 4 is 29.3 Å². The first kappa shape index (κ1) is 18.7. The van der Waals surface area contributed by atoms with Crippen molar-refractivity contribution in [2.75, 3.05) is 12.4 Å². The lowest BCUT2D eigenvalue weighted by Crippen LogP contribution is -2.16. The van der Waals surface area contributed by atoms with Gasteiger partial charge in [-0.2, -0.15) is 13.2 Å². The molecule has 0 saturated heterocycles. The van der Waals surface area contributed by atoms with Crippen LogP contribution in [0.15, 0.2) is 47.4 Å². The minimum absolute atomic E-state index is 0.119. The van der Waals surface area contributed by atoms with E-state index in [0.717, 1.165) is 0 Å². The minimum Gasteiger partial charge on any atom is -0.495 e. The molecule has 132 valence electrons. The Morgan fingerprint density at radius 1 is 1.16 bits per heavy atom. The maximum absolute atomic E-state index is 12.6. The summed E-state index contributed by atoms with van der Waals surface area (Å²) in [5, 5.41) is 2.45. The molecule has 3 N–H and O–H groups in total. The number of halogens is 3. The van der Waals surface area contributed by atoms with Gasteiger partial charge in [0.05, 0.1) is 18.4 Å². The molecule has 25 heavy (non-hydrogen) atoms. The zero-order valence-corrected chi connectivity index (χ0v) is 13.7. The summed E-state index contributed by atoms with van der Waals surface area (Å²) in [6.07, 6.45) is 0. The fraction of sp³-hybridized carbons (Fsp3) is 0.125. The van der Waals surface area contributed by atoms with Gasteiger partial charge in [-0.3, -0.25) is 9.59 Å². The highest BCUT2D eigenvalue weighted by Gasteiger charge is 2.31. The first-order chi connectivity index (χ1) is 11.7. The second-order valence-corrected chi connectivity index (χ2v) is 5.88. The number of carbonyl (C=O) groups is 2. The van der Waals surface area contributed by atoms with E-state index in [1.807, 2.05) is 0 Å². The molecule has 5 nitrogen and oxygen atoms in total. The first-order valence-corrected chi connectivity index (χ1v) is 7.67. The number of carbonyl (C=O) groups excluding carboxylic acids is 2. The molecular weight excluding hydrogens is 357 g/mol. The lowest BCUT2D eigenvalue weighted by molar-refractivity contribution is -0.0328. The fourth-order valence-electron chi connectivity index (χ4n) is 2.02. The number of alkyl halides is 3. The SMILES string of the molecule is COc1ccc(C(N)=O)cc1NC(=O)c1ccccc1SC(F)(F)F. The number of hydrogen-bond donors (Lipinski definition) is 2. The third-order valence-electron chi connectivity index (χ3n) is 3.09. The third-order valence-corrected chi connectivity index (χ3v) is 3.90. The van der Waals surface area contributed by atoms with Crippen LogP contribution in [-0.4, -0.2) is 24.4 Å². The molecule has 0 saturated carbocycles. The zero-order valence-electron chi connectivity index (χ0n) is 12.9. The van der Waals surface area contributed by atoms with Gasteiger partial charge in [0.2, 0.25) is 5.91 Å². The summed E-state index contributed by atoms with van der Waals surface area (Å²) in [6.45, 7) is 0. The van der Waals surface area contributed by atoms with Crippen molar-refractivity contribution in [2.24, 2.45) is 5.73 Å². The van der Waals surface area contributed by atoms with Gasteiger partial charge in [0.1, 0.15) is 5.75 Å². The molecule has 0 unspecified atom stereocenters. The fourth-order valence-corrected chi connectivity index (χ4v) is 2.68. The lowest BCUT2D eigenvalue weighted by atomic mass is 10.1. The Morgan fingerprint density at radius 2 is 1.84 bits per heavy atom. The largest absolute Gasteiger partial charge is 0.495 e. The molecule has 0 aliphatic carbocycles. The molecule has 0 spiro atoms. The smallest absolute Gasteiger partial charge is 0.446 e. The summed E-state index contributed by atoms with van der Waals surface area (Å²) in [5.74, 6) is -1.25. The van der Waals surface area contributed by atoms with Crippen LogP contribution in [0.1, 0.15) is 20.7 Å². The Bertz CT molecular complexity index is 809. The Hall–Kier alpha value is -2.68. The number of benzene rings is 2. The molecule has 0 aliphatic heterocycles. The highest BCUT2D eigenvalue weighted by Crippen LogP contribution is 2.38. The van der Waals surface area contributed by atoms with E-state index in [-0.39, 0.29) is 39.2 Å². The normalized spacial score (nSPS) is 11.0. The second-order valence-electron chi connectivity index (χ2n) is 4.78. The highest BCUT2D eigenvalue weighted by atomic mass is 32.2. The van der Waals surface area contributed by atoms with E-state index in [4.69, 9.17) is 10.5 Å². The predicted octanol–water partition coefficient (Wildman–Crippen LogP) is 3.66. The number of primary amides is 1. The molecule has 2 amide bonds. The molecule has 0 atom stereocenters. The van der Waals surface area contributed by atoms with E-state index in [1.165, 1.54) is 49.6 Å². The van der Waals surface area contributed by atoms with Crippen LogP contribution in [0.4, 0.5) is 18.9 Å². The molecule has 2 rings (SSSR count). The van der Waals surface area contributed by atoms with Crippen molar-refractivity contribution in [3.05, 3.63) is 53.6 Å². The van der Waals surface area contributed by atoms with Crippen molar-refractivity contribution < 1.29 is 27.5 Å². The van der Waals surface area contributed by atoms with Gasteiger partial charge < -0.3 is 15.8 Å². The summed E-state index contributed by atoms with van der Waals surface area (Å²) in [4.78, 5) is 23.4. The molecule has 2 aromatic carbocycles. The van der Waals surface area contributed by atoms with E-state index in [1.54, 1.807) is 0 Å².